The van der Waals surface area contributed by atoms with E-state index in [1.165, 1.54) is 18.3 Å². The van der Waals surface area contributed by atoms with Gasteiger partial charge < -0.3 is 10.6 Å². The lowest BCUT2D eigenvalue weighted by atomic mass is 10.2. The van der Waals surface area contributed by atoms with Gasteiger partial charge >= 0.3 is 0 Å². The van der Waals surface area contributed by atoms with Crippen LogP contribution in [0, 0.1) is 0 Å². The number of rotatable bonds is 4. The van der Waals surface area contributed by atoms with Gasteiger partial charge in [-0.1, -0.05) is 76.5 Å². The predicted molar refractivity (Wildman–Crippen MR) is 86.9 cm³/mol. The van der Waals surface area contributed by atoms with Crippen molar-refractivity contribution in [3.8, 4) is 10.6 Å². The average Bonchev–Trinajstić information content (AvgIpc) is 2.86. The Morgan fingerprint density at radius 1 is 1.24 bits per heavy atom. The number of anilines is 1. The largest absolute Gasteiger partial charge is 0.336 e. The zero-order valence-electron chi connectivity index (χ0n) is 10.8. The number of hydrogen-bond acceptors (Lipinski definition) is 5. The summed E-state index contributed by atoms with van der Waals surface area (Å²) in [6.07, 6.45) is -0.906. The Labute approximate surface area is 140 Å². The monoisotopic (exact) mass is 364 g/mol. The molecule has 1 aromatic heterocycles. The van der Waals surface area contributed by atoms with Gasteiger partial charge in [-0.15, -0.1) is 10.2 Å². The van der Waals surface area contributed by atoms with Gasteiger partial charge in [-0.3, -0.25) is 4.79 Å². The van der Waals surface area contributed by atoms with Gasteiger partial charge in [0.25, 0.3) is 0 Å². The maximum absolute atomic E-state index is 11.2. The van der Waals surface area contributed by atoms with E-state index in [1.54, 1.807) is 0 Å². The Morgan fingerprint density at radius 2 is 1.90 bits per heavy atom. The van der Waals surface area contributed by atoms with Crippen molar-refractivity contribution >= 4 is 57.2 Å². The molecule has 0 saturated heterocycles. The number of nitrogens with zero attached hydrogens (tertiary/aromatic N) is 2. The number of hydrogen-bond donors (Lipinski definition) is 2. The van der Waals surface area contributed by atoms with Crippen LogP contribution in [-0.4, -0.2) is 26.1 Å². The number of benzene rings is 1. The molecule has 112 valence electrons. The van der Waals surface area contributed by atoms with Gasteiger partial charge in [-0.2, -0.15) is 0 Å². The van der Waals surface area contributed by atoms with Crippen LogP contribution in [-0.2, 0) is 4.79 Å². The number of alkyl halides is 3. The second-order valence-corrected chi connectivity index (χ2v) is 7.44. The SMILES string of the molecule is CC(=O)N[C@H](Nc1nnc(-c2ccccc2)s1)C(Cl)(Cl)Cl. The number of nitrogens with one attached hydrogen (secondary N) is 2. The minimum Gasteiger partial charge on any atom is -0.336 e. The van der Waals surface area contributed by atoms with Gasteiger partial charge in [-0.25, -0.2) is 0 Å². The van der Waals surface area contributed by atoms with Crippen LogP contribution in [0.3, 0.4) is 0 Å². The van der Waals surface area contributed by atoms with E-state index in [-0.39, 0.29) is 5.91 Å². The van der Waals surface area contributed by atoms with Crippen molar-refractivity contribution in [1.29, 1.82) is 0 Å². The van der Waals surface area contributed by atoms with Crippen molar-refractivity contribution in [2.75, 3.05) is 5.32 Å². The third-order valence-electron chi connectivity index (χ3n) is 2.39. The van der Waals surface area contributed by atoms with E-state index in [2.05, 4.69) is 20.8 Å². The lowest BCUT2D eigenvalue weighted by molar-refractivity contribution is -0.119. The summed E-state index contributed by atoms with van der Waals surface area (Å²) in [4.78, 5) is 11.2. The first-order valence-electron chi connectivity index (χ1n) is 5.85. The molecule has 2 N–H and O–H groups in total. The first kappa shape index (κ1) is 16.3. The van der Waals surface area contributed by atoms with Crippen molar-refractivity contribution in [2.45, 2.75) is 16.9 Å². The minimum absolute atomic E-state index is 0.327. The third-order valence-corrected chi connectivity index (χ3v) is 3.95. The molecule has 0 bridgehead atoms. The molecule has 2 rings (SSSR count). The molecule has 0 unspecified atom stereocenters. The van der Waals surface area contributed by atoms with Crippen molar-refractivity contribution in [2.24, 2.45) is 0 Å². The van der Waals surface area contributed by atoms with Gasteiger partial charge in [0.2, 0.25) is 14.8 Å². The van der Waals surface area contributed by atoms with Crippen LogP contribution in [0.1, 0.15) is 6.92 Å². The number of halogens is 3. The maximum atomic E-state index is 11.2. The topological polar surface area (TPSA) is 66.9 Å². The molecule has 9 heteroatoms. The van der Waals surface area contributed by atoms with Crippen LogP contribution in [0.2, 0.25) is 0 Å². The lowest BCUT2D eigenvalue weighted by Crippen LogP contribution is -2.48. The Morgan fingerprint density at radius 3 is 2.48 bits per heavy atom. The van der Waals surface area contributed by atoms with Gasteiger partial charge in [-0.05, 0) is 0 Å². The molecule has 1 atom stereocenters. The maximum Gasteiger partial charge on any atom is 0.228 e. The summed E-state index contributed by atoms with van der Waals surface area (Å²) < 4.78 is -1.72. The Kier molecular flexibility index (Phi) is 5.27. The molecule has 0 radical (unpaired) electrons. The van der Waals surface area contributed by atoms with Crippen LogP contribution < -0.4 is 10.6 Å². The summed E-state index contributed by atoms with van der Waals surface area (Å²) >= 11 is 18.8. The summed E-state index contributed by atoms with van der Waals surface area (Å²) in [6.45, 7) is 1.33. The molecule has 1 heterocycles. The average molecular weight is 366 g/mol. The number of carbonyl (C=O) groups is 1. The Balaban J connectivity index is 2.15. The summed E-state index contributed by atoms with van der Waals surface area (Å²) in [5, 5.41) is 14.6. The predicted octanol–water partition coefficient (Wildman–Crippen LogP) is 3.45. The number of amides is 1. The second-order valence-electron chi connectivity index (χ2n) is 4.10. The van der Waals surface area contributed by atoms with Crippen molar-refractivity contribution in [1.82, 2.24) is 15.5 Å². The molecule has 0 fully saturated rings. The van der Waals surface area contributed by atoms with Crippen LogP contribution >= 0.6 is 46.1 Å². The van der Waals surface area contributed by atoms with E-state index in [1.807, 2.05) is 30.3 Å². The van der Waals surface area contributed by atoms with Crippen molar-refractivity contribution < 1.29 is 4.79 Å². The molecule has 21 heavy (non-hydrogen) atoms. The second kappa shape index (κ2) is 6.79. The van der Waals surface area contributed by atoms with Gasteiger partial charge in [0.15, 0.2) is 0 Å². The van der Waals surface area contributed by atoms with E-state index in [0.717, 1.165) is 10.6 Å². The molecule has 1 amide bonds. The highest BCUT2D eigenvalue weighted by Gasteiger charge is 2.34. The first-order chi connectivity index (χ1) is 9.86. The third kappa shape index (κ3) is 4.71. The number of carbonyl (C=O) groups excluding carboxylic acids is 1. The highest BCUT2D eigenvalue weighted by Crippen LogP contribution is 2.33. The standard InChI is InChI=1S/C12H11Cl3N4OS/c1-7(20)16-10(12(13,14)15)17-11-19-18-9(21-11)8-5-3-2-4-6-8/h2-6,10H,1H3,(H,16,20)(H,17,19)/t10-/m1/s1. The lowest BCUT2D eigenvalue weighted by Gasteiger charge is -2.25. The summed E-state index contributed by atoms with van der Waals surface area (Å²) in [6, 6.07) is 9.57. The molecule has 0 spiro atoms. The van der Waals surface area contributed by atoms with E-state index in [0.29, 0.717) is 5.13 Å². The summed E-state index contributed by atoms with van der Waals surface area (Å²) in [7, 11) is 0. The van der Waals surface area contributed by atoms with Crippen molar-refractivity contribution in [3.63, 3.8) is 0 Å². The van der Waals surface area contributed by atoms with E-state index < -0.39 is 9.96 Å². The fraction of sp³-hybridized carbons (Fsp3) is 0.250. The molecule has 5 nitrogen and oxygen atoms in total. The zero-order chi connectivity index (χ0) is 15.5. The molecular formula is C12H11Cl3N4OS. The summed E-state index contributed by atoms with van der Waals surface area (Å²) in [5.41, 5.74) is 0.938. The molecule has 0 aliphatic rings. The first-order valence-corrected chi connectivity index (χ1v) is 7.80. The highest BCUT2D eigenvalue weighted by atomic mass is 35.6. The smallest absolute Gasteiger partial charge is 0.228 e. The molecule has 2 aromatic rings. The van der Waals surface area contributed by atoms with E-state index in [9.17, 15) is 4.79 Å². The van der Waals surface area contributed by atoms with E-state index in [4.69, 9.17) is 34.8 Å². The van der Waals surface area contributed by atoms with Crippen LogP contribution in [0.5, 0.6) is 0 Å². The van der Waals surface area contributed by atoms with Gasteiger partial charge in [0.1, 0.15) is 11.2 Å². The Hall–Kier alpha value is -1.08. The Bertz CT molecular complexity index is 614. The van der Waals surface area contributed by atoms with Crippen LogP contribution in [0.15, 0.2) is 30.3 Å². The summed E-state index contributed by atoms with van der Waals surface area (Å²) in [5.74, 6) is -0.327. The van der Waals surface area contributed by atoms with Gasteiger partial charge in [0, 0.05) is 12.5 Å². The normalized spacial score (nSPS) is 12.8. The van der Waals surface area contributed by atoms with Crippen LogP contribution in [0.25, 0.3) is 10.6 Å². The fourth-order valence-corrected chi connectivity index (χ4v) is 2.61. The quantitative estimate of drug-likeness (QED) is 0.643. The fourth-order valence-electron chi connectivity index (χ4n) is 1.51. The van der Waals surface area contributed by atoms with Gasteiger partial charge in [0.05, 0.1) is 0 Å². The molecule has 1 aromatic carbocycles. The molecule has 0 saturated carbocycles. The highest BCUT2D eigenvalue weighted by molar-refractivity contribution is 7.18. The molecular weight excluding hydrogens is 355 g/mol. The molecule has 0 aliphatic carbocycles. The number of aromatic nitrogens is 2. The molecule has 0 aliphatic heterocycles. The minimum atomic E-state index is -1.72. The zero-order valence-corrected chi connectivity index (χ0v) is 13.9. The van der Waals surface area contributed by atoms with Crippen LogP contribution in [0.4, 0.5) is 5.13 Å². The van der Waals surface area contributed by atoms with E-state index >= 15 is 0 Å². The van der Waals surface area contributed by atoms with Crippen molar-refractivity contribution in [3.05, 3.63) is 30.3 Å².